The van der Waals surface area contributed by atoms with Crippen LogP contribution >= 0.6 is 0 Å². The first kappa shape index (κ1) is 15.9. The van der Waals surface area contributed by atoms with Crippen molar-refractivity contribution in [3.63, 3.8) is 0 Å². The second-order valence-corrected chi connectivity index (χ2v) is 6.07. The third-order valence-electron chi connectivity index (χ3n) is 3.34. The summed E-state index contributed by atoms with van der Waals surface area (Å²) in [5.74, 6) is 0.627. The van der Waals surface area contributed by atoms with E-state index in [-0.39, 0.29) is 11.4 Å². The highest BCUT2D eigenvalue weighted by atomic mass is 16.5. The Kier molecular flexibility index (Phi) is 4.71. The molecule has 0 spiro atoms. The molecule has 0 saturated heterocycles. The largest absolute Gasteiger partial charge is 0.495 e. The number of carbonyl (C=O) groups excluding carboxylic acids is 1. The van der Waals surface area contributed by atoms with Crippen molar-refractivity contribution >= 4 is 17.4 Å². The van der Waals surface area contributed by atoms with Crippen molar-refractivity contribution in [3.05, 3.63) is 54.1 Å². The van der Waals surface area contributed by atoms with Gasteiger partial charge in [-0.15, -0.1) is 0 Å². The summed E-state index contributed by atoms with van der Waals surface area (Å²) < 4.78 is 5.23. The second kappa shape index (κ2) is 6.52. The molecule has 2 aromatic rings. The van der Waals surface area contributed by atoms with Gasteiger partial charge in [-0.3, -0.25) is 0 Å². The third-order valence-corrected chi connectivity index (χ3v) is 3.34. The summed E-state index contributed by atoms with van der Waals surface area (Å²) in [7, 11) is 1.58. The van der Waals surface area contributed by atoms with Crippen LogP contribution in [-0.4, -0.2) is 13.1 Å². The van der Waals surface area contributed by atoms with Gasteiger partial charge >= 0.3 is 6.03 Å². The lowest BCUT2D eigenvalue weighted by Gasteiger charge is -2.23. The summed E-state index contributed by atoms with van der Waals surface area (Å²) in [5.41, 5.74) is 2.48. The number of para-hydroxylation sites is 3. The van der Waals surface area contributed by atoms with Gasteiger partial charge in [-0.1, -0.05) is 51.1 Å². The number of rotatable bonds is 3. The average molecular weight is 298 g/mol. The Morgan fingerprint density at radius 3 is 2.09 bits per heavy atom. The van der Waals surface area contributed by atoms with E-state index in [1.54, 1.807) is 19.2 Å². The highest BCUT2D eigenvalue weighted by Gasteiger charge is 2.18. The van der Waals surface area contributed by atoms with E-state index in [9.17, 15) is 4.79 Å². The minimum absolute atomic E-state index is 0.0473. The van der Waals surface area contributed by atoms with Gasteiger partial charge in [-0.2, -0.15) is 0 Å². The second-order valence-electron chi connectivity index (χ2n) is 6.07. The maximum Gasteiger partial charge on any atom is 0.323 e. The van der Waals surface area contributed by atoms with Crippen LogP contribution in [0.25, 0.3) is 0 Å². The molecule has 2 N–H and O–H groups in total. The van der Waals surface area contributed by atoms with Crippen LogP contribution in [0.1, 0.15) is 26.3 Å². The summed E-state index contributed by atoms with van der Waals surface area (Å²) in [5, 5.41) is 5.72. The van der Waals surface area contributed by atoms with E-state index < -0.39 is 0 Å². The molecule has 0 radical (unpaired) electrons. The number of benzene rings is 2. The van der Waals surface area contributed by atoms with Gasteiger partial charge in [0.15, 0.2) is 0 Å². The Hall–Kier alpha value is -2.49. The SMILES string of the molecule is COc1ccccc1NC(=O)Nc1ccccc1C(C)(C)C. The molecule has 2 aromatic carbocycles. The summed E-state index contributed by atoms with van der Waals surface area (Å²) in [6.07, 6.45) is 0. The summed E-state index contributed by atoms with van der Waals surface area (Å²) >= 11 is 0. The van der Waals surface area contributed by atoms with Gasteiger partial charge in [0, 0.05) is 5.69 Å². The molecular formula is C18H22N2O2. The molecule has 2 amide bonds. The first-order valence-electron chi connectivity index (χ1n) is 7.22. The average Bonchev–Trinajstić information content (AvgIpc) is 2.47. The van der Waals surface area contributed by atoms with Crippen molar-refractivity contribution in [3.8, 4) is 5.75 Å². The maximum absolute atomic E-state index is 12.3. The van der Waals surface area contributed by atoms with Crippen LogP contribution in [0.4, 0.5) is 16.2 Å². The van der Waals surface area contributed by atoms with E-state index in [2.05, 4.69) is 31.4 Å². The van der Waals surface area contributed by atoms with Crippen LogP contribution in [0, 0.1) is 0 Å². The predicted octanol–water partition coefficient (Wildman–Crippen LogP) is 4.64. The van der Waals surface area contributed by atoms with Gasteiger partial charge in [-0.05, 0) is 29.2 Å². The number of hydrogen-bond acceptors (Lipinski definition) is 2. The minimum atomic E-state index is -0.291. The van der Waals surface area contributed by atoms with Crippen LogP contribution in [0.3, 0.4) is 0 Å². The van der Waals surface area contributed by atoms with Gasteiger partial charge in [0.05, 0.1) is 12.8 Å². The third kappa shape index (κ3) is 3.79. The lowest BCUT2D eigenvalue weighted by molar-refractivity contribution is 0.262. The maximum atomic E-state index is 12.3. The van der Waals surface area contributed by atoms with Crippen LogP contribution in [0.2, 0.25) is 0 Å². The van der Waals surface area contributed by atoms with E-state index in [0.29, 0.717) is 11.4 Å². The minimum Gasteiger partial charge on any atom is -0.495 e. The predicted molar refractivity (Wildman–Crippen MR) is 90.8 cm³/mol. The number of hydrogen-bond donors (Lipinski definition) is 2. The Balaban J connectivity index is 2.17. The monoisotopic (exact) mass is 298 g/mol. The molecular weight excluding hydrogens is 276 g/mol. The zero-order valence-corrected chi connectivity index (χ0v) is 13.4. The van der Waals surface area contributed by atoms with Gasteiger partial charge in [0.2, 0.25) is 0 Å². The van der Waals surface area contributed by atoms with Gasteiger partial charge in [0.1, 0.15) is 5.75 Å². The zero-order valence-electron chi connectivity index (χ0n) is 13.4. The molecule has 0 aliphatic heterocycles. The van der Waals surface area contributed by atoms with Crippen molar-refractivity contribution in [1.82, 2.24) is 0 Å². The van der Waals surface area contributed by atoms with Gasteiger partial charge < -0.3 is 15.4 Å². The molecule has 0 aliphatic rings. The molecule has 116 valence electrons. The van der Waals surface area contributed by atoms with Crippen molar-refractivity contribution in [1.29, 1.82) is 0 Å². The zero-order chi connectivity index (χ0) is 16.2. The Morgan fingerprint density at radius 2 is 1.45 bits per heavy atom. The molecule has 22 heavy (non-hydrogen) atoms. The van der Waals surface area contributed by atoms with Crippen LogP contribution < -0.4 is 15.4 Å². The lowest BCUT2D eigenvalue weighted by Crippen LogP contribution is -2.23. The number of carbonyl (C=O) groups is 1. The van der Waals surface area contributed by atoms with E-state index in [0.717, 1.165) is 11.3 Å². The number of nitrogens with one attached hydrogen (secondary N) is 2. The fourth-order valence-corrected chi connectivity index (χ4v) is 2.27. The van der Waals surface area contributed by atoms with Crippen molar-refractivity contribution in [2.75, 3.05) is 17.7 Å². The number of anilines is 2. The van der Waals surface area contributed by atoms with Gasteiger partial charge in [0.25, 0.3) is 0 Å². The Bertz CT molecular complexity index is 660. The first-order valence-corrected chi connectivity index (χ1v) is 7.22. The highest BCUT2D eigenvalue weighted by molar-refractivity contribution is 6.01. The van der Waals surface area contributed by atoms with Crippen molar-refractivity contribution in [2.24, 2.45) is 0 Å². The fraction of sp³-hybridized carbons (Fsp3) is 0.278. The lowest BCUT2D eigenvalue weighted by atomic mass is 9.86. The molecule has 4 heteroatoms. The number of ether oxygens (including phenoxy) is 1. The Labute approximate surface area is 131 Å². The molecule has 0 unspecified atom stereocenters. The van der Waals surface area contributed by atoms with E-state index in [4.69, 9.17) is 4.74 Å². The molecule has 0 aliphatic carbocycles. The molecule has 0 saturated carbocycles. The summed E-state index contributed by atoms with van der Waals surface area (Å²) in [6.45, 7) is 6.35. The van der Waals surface area contributed by atoms with Crippen LogP contribution in [0.5, 0.6) is 5.75 Å². The van der Waals surface area contributed by atoms with Crippen molar-refractivity contribution in [2.45, 2.75) is 26.2 Å². The molecule has 0 atom stereocenters. The van der Waals surface area contributed by atoms with E-state index >= 15 is 0 Å². The highest BCUT2D eigenvalue weighted by Crippen LogP contribution is 2.29. The number of urea groups is 1. The van der Waals surface area contributed by atoms with Crippen LogP contribution in [-0.2, 0) is 5.41 Å². The molecule has 4 nitrogen and oxygen atoms in total. The van der Waals surface area contributed by atoms with Crippen molar-refractivity contribution < 1.29 is 9.53 Å². The van der Waals surface area contributed by atoms with Crippen LogP contribution in [0.15, 0.2) is 48.5 Å². The molecule has 0 bridgehead atoms. The summed E-state index contributed by atoms with van der Waals surface area (Å²) in [4.78, 5) is 12.3. The molecule has 0 aromatic heterocycles. The smallest absolute Gasteiger partial charge is 0.323 e. The first-order chi connectivity index (χ1) is 10.4. The number of amides is 2. The standard InChI is InChI=1S/C18H22N2O2/c1-18(2,3)13-9-5-6-10-14(13)19-17(21)20-15-11-7-8-12-16(15)22-4/h5-12H,1-4H3,(H2,19,20,21). The Morgan fingerprint density at radius 1 is 0.909 bits per heavy atom. The number of methoxy groups -OCH3 is 1. The topological polar surface area (TPSA) is 50.4 Å². The molecule has 2 rings (SSSR count). The van der Waals surface area contributed by atoms with E-state index in [1.807, 2.05) is 36.4 Å². The fourth-order valence-electron chi connectivity index (χ4n) is 2.27. The van der Waals surface area contributed by atoms with E-state index in [1.165, 1.54) is 0 Å². The summed E-state index contributed by atoms with van der Waals surface area (Å²) in [6, 6.07) is 14.8. The normalized spacial score (nSPS) is 10.9. The molecule has 0 fully saturated rings. The molecule has 0 heterocycles. The quantitative estimate of drug-likeness (QED) is 0.867. The van der Waals surface area contributed by atoms with Gasteiger partial charge in [-0.25, -0.2) is 4.79 Å².